The van der Waals surface area contributed by atoms with Crippen LogP contribution >= 0.6 is 7.92 Å². The summed E-state index contributed by atoms with van der Waals surface area (Å²) in [6.45, 7) is 6.95. The Morgan fingerprint density at radius 2 is 1.00 bits per heavy atom. The lowest BCUT2D eigenvalue weighted by Crippen LogP contribution is -2.25. The van der Waals surface area contributed by atoms with E-state index in [1.807, 2.05) is 0 Å². The van der Waals surface area contributed by atoms with Gasteiger partial charge >= 0.3 is 0 Å². The Kier molecular flexibility index (Phi) is 9.83. The van der Waals surface area contributed by atoms with Gasteiger partial charge in [0.05, 0.1) is 0 Å². The van der Waals surface area contributed by atoms with Crippen LogP contribution in [0.1, 0.15) is 76.0 Å². The monoisotopic (exact) mass is 430 g/mol. The number of hydrogen-bond acceptors (Lipinski definition) is 0. The van der Waals surface area contributed by atoms with E-state index in [1.54, 1.807) is 22.0 Å². The summed E-state index contributed by atoms with van der Waals surface area (Å²) in [6, 6.07) is 27.4. The van der Waals surface area contributed by atoms with E-state index in [9.17, 15) is 0 Å². The second-order valence-corrected chi connectivity index (χ2v) is 10.7. The Morgan fingerprint density at radius 3 is 1.52 bits per heavy atom. The van der Waals surface area contributed by atoms with Crippen LogP contribution in [0.25, 0.3) is 0 Å². The summed E-state index contributed by atoms with van der Waals surface area (Å²) < 4.78 is 0. The van der Waals surface area contributed by atoms with Crippen molar-refractivity contribution in [2.75, 3.05) is 0 Å². The zero-order valence-corrected chi connectivity index (χ0v) is 20.6. The molecule has 3 aromatic rings. The van der Waals surface area contributed by atoms with E-state index >= 15 is 0 Å². The lowest BCUT2D eigenvalue weighted by Gasteiger charge is -2.26. The fraction of sp³-hybridized carbons (Fsp3) is 0.400. The van der Waals surface area contributed by atoms with Gasteiger partial charge in [0.2, 0.25) is 0 Å². The highest BCUT2D eigenvalue weighted by molar-refractivity contribution is 7.79. The van der Waals surface area contributed by atoms with Crippen LogP contribution in [0, 0.1) is 0 Å². The molecule has 0 N–H and O–H groups in total. The van der Waals surface area contributed by atoms with Gasteiger partial charge in [-0.3, -0.25) is 0 Å². The smallest absolute Gasteiger partial charge is 0.0116 e. The van der Waals surface area contributed by atoms with Crippen LogP contribution < -0.4 is 15.9 Å². The number of rotatable bonds is 12. The van der Waals surface area contributed by atoms with Crippen molar-refractivity contribution in [1.82, 2.24) is 0 Å². The molecule has 0 spiro atoms. The average molecular weight is 431 g/mol. The summed E-state index contributed by atoms with van der Waals surface area (Å²) in [7, 11) is -0.540. The van der Waals surface area contributed by atoms with Crippen molar-refractivity contribution in [3.8, 4) is 0 Å². The van der Waals surface area contributed by atoms with Gasteiger partial charge in [0.15, 0.2) is 0 Å². The molecule has 0 heterocycles. The molecule has 31 heavy (non-hydrogen) atoms. The molecule has 3 aromatic carbocycles. The van der Waals surface area contributed by atoms with Gasteiger partial charge in [-0.25, -0.2) is 0 Å². The second-order valence-electron chi connectivity index (χ2n) is 8.52. The Bertz CT molecular complexity index is 859. The van der Waals surface area contributed by atoms with Gasteiger partial charge < -0.3 is 0 Å². The van der Waals surface area contributed by atoms with Crippen molar-refractivity contribution in [2.45, 2.75) is 78.6 Å². The number of unbranched alkanes of at least 4 members (excludes halogenated alkanes) is 3. The molecule has 0 aliphatic heterocycles. The van der Waals surface area contributed by atoms with Crippen molar-refractivity contribution >= 4 is 23.8 Å². The van der Waals surface area contributed by atoms with Gasteiger partial charge in [0.1, 0.15) is 0 Å². The van der Waals surface area contributed by atoms with Gasteiger partial charge in [-0.1, -0.05) is 113 Å². The van der Waals surface area contributed by atoms with Crippen LogP contribution in [0.3, 0.4) is 0 Å². The minimum absolute atomic E-state index is 0.540. The van der Waals surface area contributed by atoms with E-state index in [0.717, 1.165) is 0 Å². The molecule has 0 aliphatic rings. The van der Waals surface area contributed by atoms with Gasteiger partial charge in [-0.05, 0) is 79.1 Å². The van der Waals surface area contributed by atoms with Crippen LogP contribution in [-0.4, -0.2) is 0 Å². The van der Waals surface area contributed by atoms with Crippen molar-refractivity contribution in [1.29, 1.82) is 0 Å². The van der Waals surface area contributed by atoms with Crippen LogP contribution in [-0.2, 0) is 19.3 Å². The second kappa shape index (κ2) is 12.8. The molecule has 3 rings (SSSR count). The SMILES string of the molecule is CCCCc1ccc(P(c2ccccc2)c2ccccc2)c(CCCC)c1CCCC. The summed E-state index contributed by atoms with van der Waals surface area (Å²) in [4.78, 5) is 0. The molecule has 0 bridgehead atoms. The van der Waals surface area contributed by atoms with E-state index in [0.29, 0.717) is 0 Å². The van der Waals surface area contributed by atoms with Crippen LogP contribution in [0.4, 0.5) is 0 Å². The third kappa shape index (κ3) is 6.30. The Hall–Kier alpha value is -1.91. The zero-order chi connectivity index (χ0) is 21.9. The zero-order valence-electron chi connectivity index (χ0n) is 19.7. The van der Waals surface area contributed by atoms with Gasteiger partial charge in [0.25, 0.3) is 0 Å². The fourth-order valence-corrected chi connectivity index (χ4v) is 6.95. The van der Waals surface area contributed by atoms with E-state index in [4.69, 9.17) is 0 Å². The first-order valence-electron chi connectivity index (χ1n) is 12.3. The fourth-order valence-electron chi connectivity index (χ4n) is 4.42. The van der Waals surface area contributed by atoms with Crippen molar-refractivity contribution < 1.29 is 0 Å². The topological polar surface area (TPSA) is 0 Å². The highest BCUT2D eigenvalue weighted by Gasteiger charge is 2.22. The van der Waals surface area contributed by atoms with E-state index < -0.39 is 7.92 Å². The van der Waals surface area contributed by atoms with Crippen LogP contribution in [0.15, 0.2) is 72.8 Å². The Labute approximate surface area is 191 Å². The number of hydrogen-bond donors (Lipinski definition) is 0. The largest absolute Gasteiger partial charge is 0.0654 e. The lowest BCUT2D eigenvalue weighted by atomic mass is 9.91. The molecule has 0 aromatic heterocycles. The molecule has 0 amide bonds. The summed E-state index contributed by atoms with van der Waals surface area (Å²) in [5.74, 6) is 0. The quantitative estimate of drug-likeness (QED) is 0.261. The first-order chi connectivity index (χ1) is 15.3. The highest BCUT2D eigenvalue weighted by Crippen LogP contribution is 2.36. The average Bonchev–Trinajstić information content (AvgIpc) is 2.82. The molecular formula is C30H39P. The molecule has 0 fully saturated rings. The molecule has 0 radical (unpaired) electrons. The predicted molar refractivity (Wildman–Crippen MR) is 141 cm³/mol. The minimum Gasteiger partial charge on any atom is -0.0654 e. The molecule has 0 saturated heterocycles. The molecule has 0 unspecified atom stereocenters. The number of aryl methyl sites for hydroxylation is 1. The predicted octanol–water partition coefficient (Wildman–Crippen LogP) is 7.47. The molecule has 0 nitrogen and oxygen atoms in total. The number of benzene rings is 3. The van der Waals surface area contributed by atoms with E-state index in [1.165, 1.54) is 68.4 Å². The molecule has 0 atom stereocenters. The minimum atomic E-state index is -0.540. The summed E-state index contributed by atoms with van der Waals surface area (Å²) in [5, 5.41) is 4.51. The molecule has 164 valence electrons. The van der Waals surface area contributed by atoms with Gasteiger partial charge in [-0.15, -0.1) is 0 Å². The summed E-state index contributed by atoms with van der Waals surface area (Å²) >= 11 is 0. The molecule has 0 saturated carbocycles. The van der Waals surface area contributed by atoms with Crippen molar-refractivity contribution in [3.63, 3.8) is 0 Å². The summed E-state index contributed by atoms with van der Waals surface area (Å²) in [6.07, 6.45) is 11.3. The maximum Gasteiger partial charge on any atom is -0.0116 e. The van der Waals surface area contributed by atoms with Gasteiger partial charge in [-0.2, -0.15) is 0 Å². The third-order valence-electron chi connectivity index (χ3n) is 6.13. The van der Waals surface area contributed by atoms with Crippen molar-refractivity contribution in [2.24, 2.45) is 0 Å². The first kappa shape index (κ1) is 23.7. The van der Waals surface area contributed by atoms with Gasteiger partial charge in [0, 0.05) is 0 Å². The Balaban J connectivity index is 2.19. The van der Waals surface area contributed by atoms with E-state index in [-0.39, 0.29) is 0 Å². The normalized spacial score (nSPS) is 11.2. The van der Waals surface area contributed by atoms with Crippen LogP contribution in [0.2, 0.25) is 0 Å². The molecule has 0 aliphatic carbocycles. The first-order valence-corrected chi connectivity index (χ1v) is 13.7. The van der Waals surface area contributed by atoms with E-state index in [2.05, 4.69) is 93.6 Å². The maximum atomic E-state index is 2.50. The van der Waals surface area contributed by atoms with Crippen LogP contribution in [0.5, 0.6) is 0 Å². The standard InChI is InChI=1S/C30H39P/c1-4-7-16-25-23-24-30(29(22-9-6-3)28(25)21-8-5-2)31(26-17-12-10-13-18-26)27-19-14-11-15-20-27/h10-15,17-20,23-24H,4-9,16,21-22H2,1-3H3. The summed E-state index contributed by atoms with van der Waals surface area (Å²) in [5.41, 5.74) is 4.96. The molecule has 1 heteroatoms. The third-order valence-corrected chi connectivity index (χ3v) is 8.66. The Morgan fingerprint density at radius 1 is 0.516 bits per heavy atom. The maximum absolute atomic E-state index is 2.50. The van der Waals surface area contributed by atoms with Crippen molar-refractivity contribution in [3.05, 3.63) is 89.5 Å². The molecular weight excluding hydrogens is 391 g/mol. The highest BCUT2D eigenvalue weighted by atomic mass is 31.1. The lowest BCUT2D eigenvalue weighted by molar-refractivity contribution is 0.737.